The summed E-state index contributed by atoms with van der Waals surface area (Å²) in [7, 11) is 1.67. The summed E-state index contributed by atoms with van der Waals surface area (Å²) in [6.07, 6.45) is 6.14. The van der Waals surface area contributed by atoms with Crippen LogP contribution in [0.2, 0.25) is 0 Å². The standard InChI is InChI=1S/C11H18O2/c1-9(7-8-13-2)11(12)10-5-3-4-6-10/h5,9H,3-4,6-8H2,1-2H3. The highest BCUT2D eigenvalue weighted by Crippen LogP contribution is 2.22. The van der Waals surface area contributed by atoms with Gasteiger partial charge in [-0.3, -0.25) is 4.79 Å². The lowest BCUT2D eigenvalue weighted by molar-refractivity contribution is -0.119. The first-order valence-corrected chi connectivity index (χ1v) is 4.98. The van der Waals surface area contributed by atoms with Crippen molar-refractivity contribution in [3.05, 3.63) is 11.6 Å². The molecular formula is C11H18O2. The molecule has 0 saturated heterocycles. The average Bonchev–Trinajstić information content (AvgIpc) is 2.65. The second-order valence-corrected chi connectivity index (χ2v) is 3.67. The maximum absolute atomic E-state index is 11.7. The van der Waals surface area contributed by atoms with Crippen LogP contribution in [0.15, 0.2) is 11.6 Å². The third kappa shape index (κ3) is 2.96. The van der Waals surface area contributed by atoms with E-state index in [1.807, 2.05) is 6.92 Å². The highest BCUT2D eigenvalue weighted by atomic mass is 16.5. The van der Waals surface area contributed by atoms with Gasteiger partial charge in [-0.1, -0.05) is 13.0 Å². The van der Waals surface area contributed by atoms with E-state index in [9.17, 15) is 4.79 Å². The van der Waals surface area contributed by atoms with Gasteiger partial charge in [0.25, 0.3) is 0 Å². The molecule has 0 spiro atoms. The summed E-state index contributed by atoms with van der Waals surface area (Å²) in [4.78, 5) is 11.7. The molecule has 0 aromatic rings. The summed E-state index contributed by atoms with van der Waals surface area (Å²) in [6.45, 7) is 2.67. The molecule has 1 atom stereocenters. The van der Waals surface area contributed by atoms with Crippen molar-refractivity contribution < 1.29 is 9.53 Å². The fraction of sp³-hybridized carbons (Fsp3) is 0.727. The molecule has 0 radical (unpaired) electrons. The SMILES string of the molecule is COCCC(C)C(=O)C1=CCCC1. The van der Waals surface area contributed by atoms with Crippen molar-refractivity contribution in [2.75, 3.05) is 13.7 Å². The first kappa shape index (κ1) is 10.5. The molecule has 1 aliphatic rings. The lowest BCUT2D eigenvalue weighted by Gasteiger charge is -2.09. The van der Waals surface area contributed by atoms with Crippen LogP contribution in [0.4, 0.5) is 0 Å². The van der Waals surface area contributed by atoms with E-state index in [1.54, 1.807) is 7.11 Å². The van der Waals surface area contributed by atoms with Crippen LogP contribution in [0.3, 0.4) is 0 Å². The Morgan fingerprint density at radius 2 is 2.46 bits per heavy atom. The topological polar surface area (TPSA) is 26.3 Å². The third-order valence-corrected chi connectivity index (χ3v) is 2.56. The van der Waals surface area contributed by atoms with Crippen molar-refractivity contribution in [1.82, 2.24) is 0 Å². The lowest BCUT2D eigenvalue weighted by atomic mass is 9.96. The van der Waals surface area contributed by atoms with Gasteiger partial charge in [0.15, 0.2) is 5.78 Å². The van der Waals surface area contributed by atoms with Gasteiger partial charge in [-0.25, -0.2) is 0 Å². The van der Waals surface area contributed by atoms with Gasteiger partial charge >= 0.3 is 0 Å². The van der Waals surface area contributed by atoms with E-state index in [4.69, 9.17) is 4.74 Å². The van der Waals surface area contributed by atoms with Crippen molar-refractivity contribution in [2.24, 2.45) is 5.92 Å². The molecule has 0 N–H and O–H groups in total. The van der Waals surface area contributed by atoms with Gasteiger partial charge in [-0.15, -0.1) is 0 Å². The van der Waals surface area contributed by atoms with Crippen molar-refractivity contribution in [3.63, 3.8) is 0 Å². The summed E-state index contributed by atoms with van der Waals surface area (Å²) in [5, 5.41) is 0. The molecule has 2 nitrogen and oxygen atoms in total. The van der Waals surface area contributed by atoms with Crippen molar-refractivity contribution >= 4 is 5.78 Å². The highest BCUT2D eigenvalue weighted by Gasteiger charge is 2.18. The number of Topliss-reactive ketones (excluding diaryl/α,β-unsaturated/α-hetero) is 1. The second-order valence-electron chi connectivity index (χ2n) is 3.67. The molecule has 74 valence electrons. The zero-order valence-corrected chi connectivity index (χ0v) is 8.51. The predicted molar refractivity (Wildman–Crippen MR) is 52.6 cm³/mol. The van der Waals surface area contributed by atoms with Crippen LogP contribution >= 0.6 is 0 Å². The lowest BCUT2D eigenvalue weighted by Crippen LogP contribution is -2.14. The van der Waals surface area contributed by atoms with Crippen LogP contribution in [-0.2, 0) is 9.53 Å². The van der Waals surface area contributed by atoms with Gasteiger partial charge in [-0.05, 0) is 31.3 Å². The zero-order valence-electron chi connectivity index (χ0n) is 8.51. The molecule has 0 aromatic heterocycles. The normalized spacial score (nSPS) is 18.5. The minimum atomic E-state index is 0.129. The maximum Gasteiger partial charge on any atom is 0.161 e. The molecule has 1 rings (SSSR count). The Morgan fingerprint density at radius 3 is 3.00 bits per heavy atom. The Kier molecular flexibility index (Phi) is 4.16. The van der Waals surface area contributed by atoms with Crippen LogP contribution in [0.25, 0.3) is 0 Å². The molecule has 1 aliphatic carbocycles. The minimum Gasteiger partial charge on any atom is -0.385 e. The second kappa shape index (κ2) is 5.18. The maximum atomic E-state index is 11.7. The number of carbonyl (C=O) groups is 1. The van der Waals surface area contributed by atoms with E-state index in [0.29, 0.717) is 12.4 Å². The molecule has 1 unspecified atom stereocenters. The van der Waals surface area contributed by atoms with Crippen molar-refractivity contribution in [2.45, 2.75) is 32.6 Å². The first-order valence-electron chi connectivity index (χ1n) is 4.98. The predicted octanol–water partition coefficient (Wildman–Crippen LogP) is 2.34. The number of rotatable bonds is 5. The average molecular weight is 182 g/mol. The molecule has 0 amide bonds. The monoisotopic (exact) mass is 182 g/mol. The fourth-order valence-electron chi connectivity index (χ4n) is 1.64. The molecule has 0 saturated carbocycles. The molecule has 0 heterocycles. The van der Waals surface area contributed by atoms with Crippen molar-refractivity contribution in [3.8, 4) is 0 Å². The third-order valence-electron chi connectivity index (χ3n) is 2.56. The van der Waals surface area contributed by atoms with Gasteiger partial charge < -0.3 is 4.74 Å². The summed E-state index contributed by atoms with van der Waals surface area (Å²) in [5.74, 6) is 0.457. The zero-order chi connectivity index (χ0) is 9.68. The Balaban J connectivity index is 2.37. The number of hydrogen-bond donors (Lipinski definition) is 0. The molecule has 0 bridgehead atoms. The van der Waals surface area contributed by atoms with E-state index in [0.717, 1.165) is 31.3 Å². The molecule has 0 aromatic carbocycles. The van der Waals surface area contributed by atoms with Gasteiger partial charge in [0.05, 0.1) is 0 Å². The van der Waals surface area contributed by atoms with Crippen molar-refractivity contribution in [1.29, 1.82) is 0 Å². The van der Waals surface area contributed by atoms with E-state index < -0.39 is 0 Å². The summed E-state index contributed by atoms with van der Waals surface area (Å²) < 4.78 is 4.95. The number of ether oxygens (including phenoxy) is 1. The van der Waals surface area contributed by atoms with Gasteiger partial charge in [0.1, 0.15) is 0 Å². The summed E-state index contributed by atoms with van der Waals surface area (Å²) in [6, 6.07) is 0. The van der Waals surface area contributed by atoms with Gasteiger partial charge in [0, 0.05) is 19.6 Å². The Labute approximate surface area is 80.0 Å². The molecule has 0 aliphatic heterocycles. The van der Waals surface area contributed by atoms with E-state index in [2.05, 4.69) is 6.08 Å². The summed E-state index contributed by atoms with van der Waals surface area (Å²) in [5.41, 5.74) is 1.05. The van der Waals surface area contributed by atoms with E-state index in [-0.39, 0.29) is 5.92 Å². The minimum absolute atomic E-state index is 0.129. The number of methoxy groups -OCH3 is 1. The summed E-state index contributed by atoms with van der Waals surface area (Å²) >= 11 is 0. The quantitative estimate of drug-likeness (QED) is 0.652. The molecular weight excluding hydrogens is 164 g/mol. The molecule has 13 heavy (non-hydrogen) atoms. The largest absolute Gasteiger partial charge is 0.385 e. The first-order chi connectivity index (χ1) is 6.25. The van der Waals surface area contributed by atoms with E-state index in [1.165, 1.54) is 0 Å². The van der Waals surface area contributed by atoms with Crippen LogP contribution < -0.4 is 0 Å². The number of hydrogen-bond acceptors (Lipinski definition) is 2. The fourth-order valence-corrected chi connectivity index (χ4v) is 1.64. The number of carbonyl (C=O) groups excluding carboxylic acids is 1. The Morgan fingerprint density at radius 1 is 1.69 bits per heavy atom. The van der Waals surface area contributed by atoms with Crippen LogP contribution in [0.5, 0.6) is 0 Å². The highest BCUT2D eigenvalue weighted by molar-refractivity contribution is 5.97. The number of allylic oxidation sites excluding steroid dienone is 2. The van der Waals surface area contributed by atoms with Crippen LogP contribution in [0, 0.1) is 5.92 Å². The van der Waals surface area contributed by atoms with Crippen LogP contribution in [0.1, 0.15) is 32.6 Å². The molecule has 0 fully saturated rings. The van der Waals surface area contributed by atoms with Gasteiger partial charge in [0.2, 0.25) is 0 Å². The Bertz CT molecular complexity index is 206. The Hall–Kier alpha value is -0.630. The molecule has 2 heteroatoms. The number of ketones is 1. The smallest absolute Gasteiger partial charge is 0.161 e. The van der Waals surface area contributed by atoms with E-state index >= 15 is 0 Å². The van der Waals surface area contributed by atoms with Crippen LogP contribution in [-0.4, -0.2) is 19.5 Å². The van der Waals surface area contributed by atoms with Gasteiger partial charge in [-0.2, -0.15) is 0 Å².